The number of hydrogen-bond acceptors (Lipinski definition) is 7. The minimum atomic E-state index is -0.412. The third kappa shape index (κ3) is 3.58. The molecule has 3 aromatic heterocycles. The number of aromatic nitrogens is 4. The van der Waals surface area contributed by atoms with Gasteiger partial charge in [0.1, 0.15) is 5.82 Å². The summed E-state index contributed by atoms with van der Waals surface area (Å²) in [7, 11) is 2.89. The molecule has 0 atom stereocenters. The molecule has 4 rings (SSSR count). The summed E-state index contributed by atoms with van der Waals surface area (Å²) in [4.78, 5) is 28.4. The van der Waals surface area contributed by atoms with Gasteiger partial charge in [-0.25, -0.2) is 14.8 Å². The van der Waals surface area contributed by atoms with Gasteiger partial charge in [0, 0.05) is 35.3 Å². The molecular formula is C22H19N5O3. The second-order valence-corrected chi connectivity index (χ2v) is 6.43. The summed E-state index contributed by atoms with van der Waals surface area (Å²) in [6, 6.07) is 12.6. The second-order valence-electron chi connectivity index (χ2n) is 6.43. The first-order valence-electron chi connectivity index (χ1n) is 9.09. The van der Waals surface area contributed by atoms with Gasteiger partial charge in [0.15, 0.2) is 11.6 Å². The number of imidazole rings is 1. The van der Waals surface area contributed by atoms with Gasteiger partial charge < -0.3 is 20.2 Å². The van der Waals surface area contributed by atoms with Crippen LogP contribution in [0.3, 0.4) is 0 Å². The van der Waals surface area contributed by atoms with Gasteiger partial charge in [-0.2, -0.15) is 0 Å². The summed E-state index contributed by atoms with van der Waals surface area (Å²) in [6.45, 7) is 0. The van der Waals surface area contributed by atoms with Crippen molar-refractivity contribution in [1.82, 2.24) is 19.9 Å². The number of esters is 1. The molecule has 0 fully saturated rings. The van der Waals surface area contributed by atoms with Crippen LogP contribution in [-0.2, 0) is 4.74 Å². The van der Waals surface area contributed by atoms with Gasteiger partial charge in [-0.15, -0.1) is 0 Å². The Labute approximate surface area is 172 Å². The zero-order valence-electron chi connectivity index (χ0n) is 16.4. The predicted octanol–water partition coefficient (Wildman–Crippen LogP) is 3.58. The molecule has 0 aliphatic heterocycles. The van der Waals surface area contributed by atoms with Crippen LogP contribution in [0.25, 0.3) is 33.9 Å². The second kappa shape index (κ2) is 8.04. The molecule has 8 nitrogen and oxygen atoms in total. The van der Waals surface area contributed by atoms with E-state index in [1.54, 1.807) is 42.9 Å². The first kappa shape index (κ1) is 19.1. The molecular weight excluding hydrogens is 382 g/mol. The SMILES string of the molecule is COC(=O)c1cccc(-c2nc(-c3ccncc3)c(-c3cnc(N)c(OC)c3)[nH]2)c1. The van der Waals surface area contributed by atoms with Crippen molar-refractivity contribution in [1.29, 1.82) is 0 Å². The normalized spacial score (nSPS) is 10.6. The minimum Gasteiger partial charge on any atom is -0.493 e. The van der Waals surface area contributed by atoms with Crippen molar-refractivity contribution >= 4 is 11.8 Å². The molecule has 4 aromatic rings. The maximum Gasteiger partial charge on any atom is 0.337 e. The number of nitrogens with two attached hydrogens (primary N) is 1. The van der Waals surface area contributed by atoms with Gasteiger partial charge in [-0.1, -0.05) is 12.1 Å². The lowest BCUT2D eigenvalue weighted by Gasteiger charge is -2.07. The highest BCUT2D eigenvalue weighted by Gasteiger charge is 2.18. The van der Waals surface area contributed by atoms with Crippen LogP contribution < -0.4 is 10.5 Å². The molecule has 0 unspecified atom stereocenters. The first-order valence-corrected chi connectivity index (χ1v) is 9.09. The number of methoxy groups -OCH3 is 2. The Hall–Kier alpha value is -4.20. The average molecular weight is 401 g/mol. The Balaban J connectivity index is 1.88. The highest BCUT2D eigenvalue weighted by Crippen LogP contribution is 2.35. The molecule has 1 aromatic carbocycles. The van der Waals surface area contributed by atoms with Crippen LogP contribution in [0.2, 0.25) is 0 Å². The van der Waals surface area contributed by atoms with Crippen LogP contribution in [0, 0.1) is 0 Å². The van der Waals surface area contributed by atoms with Gasteiger partial charge >= 0.3 is 5.97 Å². The third-order valence-corrected chi connectivity index (χ3v) is 4.61. The number of aromatic amines is 1. The number of anilines is 1. The van der Waals surface area contributed by atoms with Crippen molar-refractivity contribution in [3.8, 4) is 39.7 Å². The number of H-pyrrole nitrogens is 1. The van der Waals surface area contributed by atoms with Gasteiger partial charge in [0.25, 0.3) is 0 Å². The molecule has 0 spiro atoms. The van der Waals surface area contributed by atoms with Crippen LogP contribution in [0.15, 0.2) is 61.1 Å². The molecule has 0 aliphatic rings. The Bertz CT molecular complexity index is 1200. The predicted molar refractivity (Wildman–Crippen MR) is 113 cm³/mol. The van der Waals surface area contributed by atoms with Gasteiger partial charge in [-0.05, 0) is 30.3 Å². The number of pyridine rings is 2. The molecule has 0 radical (unpaired) electrons. The zero-order chi connectivity index (χ0) is 21.1. The first-order chi connectivity index (χ1) is 14.6. The Kier molecular flexibility index (Phi) is 5.13. The highest BCUT2D eigenvalue weighted by molar-refractivity contribution is 5.91. The molecule has 150 valence electrons. The van der Waals surface area contributed by atoms with E-state index in [-0.39, 0.29) is 0 Å². The largest absolute Gasteiger partial charge is 0.493 e. The van der Waals surface area contributed by atoms with Crippen molar-refractivity contribution in [2.75, 3.05) is 20.0 Å². The summed E-state index contributed by atoms with van der Waals surface area (Å²) in [6.07, 6.45) is 5.06. The molecule has 30 heavy (non-hydrogen) atoms. The van der Waals surface area contributed by atoms with Gasteiger partial charge in [-0.3, -0.25) is 4.98 Å². The fourth-order valence-electron chi connectivity index (χ4n) is 3.10. The topological polar surface area (TPSA) is 116 Å². The number of carbonyl (C=O) groups is 1. The number of nitrogen functional groups attached to an aromatic ring is 1. The van der Waals surface area contributed by atoms with Gasteiger partial charge in [0.05, 0.1) is 31.2 Å². The monoisotopic (exact) mass is 401 g/mol. The van der Waals surface area contributed by atoms with E-state index in [0.717, 1.165) is 22.4 Å². The Morgan fingerprint density at radius 2 is 1.83 bits per heavy atom. The summed E-state index contributed by atoms with van der Waals surface area (Å²) in [5.41, 5.74) is 10.1. The molecule has 8 heteroatoms. The lowest BCUT2D eigenvalue weighted by molar-refractivity contribution is 0.0601. The van der Waals surface area contributed by atoms with Crippen molar-refractivity contribution in [2.24, 2.45) is 0 Å². The number of carbonyl (C=O) groups excluding carboxylic acids is 1. The number of ether oxygens (including phenoxy) is 2. The van der Waals surface area contributed by atoms with Gasteiger partial charge in [0.2, 0.25) is 0 Å². The van der Waals surface area contributed by atoms with Crippen molar-refractivity contribution in [3.05, 3.63) is 66.6 Å². The fourth-order valence-corrected chi connectivity index (χ4v) is 3.10. The van der Waals surface area contributed by atoms with E-state index in [0.29, 0.717) is 28.6 Å². The minimum absolute atomic E-state index is 0.303. The van der Waals surface area contributed by atoms with E-state index in [1.165, 1.54) is 14.2 Å². The van der Waals surface area contributed by atoms with Crippen molar-refractivity contribution in [3.63, 3.8) is 0 Å². The molecule has 3 heterocycles. The summed E-state index contributed by atoms with van der Waals surface area (Å²) in [5.74, 6) is 0.957. The highest BCUT2D eigenvalue weighted by atomic mass is 16.5. The Morgan fingerprint density at radius 1 is 1.03 bits per heavy atom. The maximum absolute atomic E-state index is 11.9. The number of rotatable bonds is 5. The van der Waals surface area contributed by atoms with E-state index in [4.69, 9.17) is 20.2 Å². The lowest BCUT2D eigenvalue weighted by Crippen LogP contribution is -2.00. The maximum atomic E-state index is 11.9. The van der Waals surface area contributed by atoms with Crippen LogP contribution in [-0.4, -0.2) is 40.1 Å². The van der Waals surface area contributed by atoms with E-state index < -0.39 is 5.97 Å². The lowest BCUT2D eigenvalue weighted by atomic mass is 10.1. The van der Waals surface area contributed by atoms with E-state index in [1.807, 2.05) is 18.2 Å². The van der Waals surface area contributed by atoms with Crippen molar-refractivity contribution in [2.45, 2.75) is 0 Å². The van der Waals surface area contributed by atoms with E-state index >= 15 is 0 Å². The van der Waals surface area contributed by atoms with E-state index in [2.05, 4.69) is 15.0 Å². The quantitative estimate of drug-likeness (QED) is 0.491. The van der Waals surface area contributed by atoms with Crippen LogP contribution in [0.5, 0.6) is 5.75 Å². The molecule has 0 saturated heterocycles. The molecule has 0 saturated carbocycles. The average Bonchev–Trinajstić information content (AvgIpc) is 3.25. The van der Waals surface area contributed by atoms with E-state index in [9.17, 15) is 4.79 Å². The standard InChI is InChI=1S/C22H19N5O3/c1-29-17-11-16(12-25-20(17)23)19-18(13-6-8-24-9-7-13)26-21(27-19)14-4-3-5-15(10-14)22(28)30-2/h3-12H,1-2H3,(H2,23,25)(H,26,27). The summed E-state index contributed by atoms with van der Waals surface area (Å²) < 4.78 is 10.1. The number of nitrogens with zero attached hydrogens (tertiary/aromatic N) is 3. The summed E-state index contributed by atoms with van der Waals surface area (Å²) in [5, 5.41) is 0. The van der Waals surface area contributed by atoms with Crippen LogP contribution in [0.1, 0.15) is 10.4 Å². The summed E-state index contributed by atoms with van der Waals surface area (Å²) >= 11 is 0. The third-order valence-electron chi connectivity index (χ3n) is 4.61. The van der Waals surface area contributed by atoms with Crippen LogP contribution in [0.4, 0.5) is 5.82 Å². The molecule has 0 amide bonds. The smallest absolute Gasteiger partial charge is 0.337 e. The fraction of sp³-hybridized carbons (Fsp3) is 0.0909. The molecule has 3 N–H and O–H groups in total. The van der Waals surface area contributed by atoms with Crippen LogP contribution >= 0.6 is 0 Å². The molecule has 0 bridgehead atoms. The zero-order valence-corrected chi connectivity index (χ0v) is 16.4. The Morgan fingerprint density at radius 3 is 2.57 bits per heavy atom. The number of hydrogen-bond donors (Lipinski definition) is 2. The van der Waals surface area contributed by atoms with Crippen molar-refractivity contribution < 1.29 is 14.3 Å². The number of nitrogens with one attached hydrogen (secondary N) is 1. The molecule has 0 aliphatic carbocycles. The number of benzene rings is 1.